The van der Waals surface area contributed by atoms with Gasteiger partial charge < -0.3 is 30.7 Å². The maximum atomic E-state index is 6.32. The number of methoxy groups -OCH3 is 1. The van der Waals surface area contributed by atoms with Gasteiger partial charge in [-0.2, -0.15) is 9.97 Å². The number of allylic oxidation sites excluding steroid dienone is 2. The number of aromatic nitrogens is 5. The number of fused-ring (bicyclic) bond motifs is 1. The number of nitrogens with two attached hydrogens (primary N) is 1. The number of hydrogen-bond donors (Lipinski definition) is 3. The Bertz CT molecular complexity index is 1690. The molecule has 4 aromatic rings. The molecule has 1 aromatic carbocycles. The first kappa shape index (κ1) is 30.5. The molecule has 14 heteroatoms. The zero-order valence-electron chi connectivity index (χ0n) is 24.7. The molecule has 0 amide bonds. The summed E-state index contributed by atoms with van der Waals surface area (Å²) in [6.07, 6.45) is 6.86. The second kappa shape index (κ2) is 13.6. The van der Waals surface area contributed by atoms with E-state index in [-0.39, 0.29) is 0 Å². The van der Waals surface area contributed by atoms with E-state index in [2.05, 4.69) is 64.7 Å². The third-order valence-corrected chi connectivity index (χ3v) is 8.68. The number of aliphatic imine (C=N–C) groups is 1. The van der Waals surface area contributed by atoms with Gasteiger partial charge in [-0.15, -0.1) is 0 Å². The number of hydrogen-bond acceptors (Lipinski definition) is 12. The Balaban J connectivity index is 1.55. The van der Waals surface area contributed by atoms with E-state index >= 15 is 0 Å². The lowest BCUT2D eigenvalue weighted by molar-refractivity contribution is 0.122. The van der Waals surface area contributed by atoms with Gasteiger partial charge in [0.25, 0.3) is 0 Å². The summed E-state index contributed by atoms with van der Waals surface area (Å²) in [5.41, 5.74) is 11.8. The summed E-state index contributed by atoms with van der Waals surface area (Å²) < 4.78 is 12.0. The zero-order chi connectivity index (χ0) is 30.5. The van der Waals surface area contributed by atoms with Gasteiger partial charge in [-0.3, -0.25) is 15.0 Å². The van der Waals surface area contributed by atoms with Crippen LogP contribution in [0.1, 0.15) is 12.5 Å². The van der Waals surface area contributed by atoms with E-state index < -0.39 is 7.92 Å². The Morgan fingerprint density at radius 1 is 1.12 bits per heavy atom. The molecule has 5 rings (SSSR count). The minimum Gasteiger partial charge on any atom is -0.479 e. The van der Waals surface area contributed by atoms with Crippen molar-refractivity contribution in [2.24, 2.45) is 10.7 Å². The van der Waals surface area contributed by atoms with Crippen LogP contribution in [0, 0.1) is 0 Å². The second-order valence-electron chi connectivity index (χ2n) is 9.92. The summed E-state index contributed by atoms with van der Waals surface area (Å²) in [5.74, 6) is 2.08. The van der Waals surface area contributed by atoms with Gasteiger partial charge in [-0.05, 0) is 54.4 Å². The van der Waals surface area contributed by atoms with Crippen molar-refractivity contribution in [3.05, 3.63) is 52.5 Å². The Morgan fingerprint density at radius 2 is 1.88 bits per heavy atom. The van der Waals surface area contributed by atoms with Gasteiger partial charge in [0.2, 0.25) is 11.8 Å². The quantitative estimate of drug-likeness (QED) is 0.169. The molecule has 1 aliphatic rings. The molecule has 4 heterocycles. The Morgan fingerprint density at radius 3 is 2.58 bits per heavy atom. The summed E-state index contributed by atoms with van der Waals surface area (Å²) in [6.45, 7) is 8.84. The number of ether oxygens (including phenoxy) is 2. The van der Waals surface area contributed by atoms with Crippen molar-refractivity contribution in [3.8, 4) is 5.88 Å². The van der Waals surface area contributed by atoms with Crippen LogP contribution in [-0.4, -0.2) is 84.9 Å². The van der Waals surface area contributed by atoms with Crippen molar-refractivity contribution in [1.82, 2.24) is 24.9 Å². The molecule has 1 aliphatic heterocycles. The molecule has 0 aliphatic carbocycles. The minimum absolute atomic E-state index is 0.354. The highest BCUT2D eigenvalue weighted by Gasteiger charge is 2.23. The predicted molar refractivity (Wildman–Crippen MR) is 179 cm³/mol. The lowest BCUT2D eigenvalue weighted by Crippen LogP contribution is -2.37. The van der Waals surface area contributed by atoms with Gasteiger partial charge in [0.05, 0.1) is 35.8 Å². The van der Waals surface area contributed by atoms with Crippen molar-refractivity contribution in [3.63, 3.8) is 0 Å². The molecule has 0 spiro atoms. The number of halogens is 1. The molecular formula is C29H34BrN10O2P. The first-order chi connectivity index (χ1) is 20.8. The highest BCUT2D eigenvalue weighted by molar-refractivity contribution is 9.10. The van der Waals surface area contributed by atoms with E-state index in [4.69, 9.17) is 25.2 Å². The van der Waals surface area contributed by atoms with Crippen molar-refractivity contribution < 1.29 is 9.47 Å². The number of morpholine rings is 1. The summed E-state index contributed by atoms with van der Waals surface area (Å²) in [5, 5.41) is 7.91. The number of nitrogens with one attached hydrogen (secondary N) is 2. The van der Waals surface area contributed by atoms with Crippen LogP contribution >= 0.6 is 23.9 Å². The van der Waals surface area contributed by atoms with E-state index in [1.54, 1.807) is 39.0 Å². The van der Waals surface area contributed by atoms with E-state index in [1.165, 1.54) is 0 Å². The van der Waals surface area contributed by atoms with Crippen molar-refractivity contribution in [2.75, 3.05) is 69.3 Å². The number of nitrogens with zero attached hydrogens (tertiary/aromatic N) is 7. The molecule has 1 saturated heterocycles. The molecule has 0 saturated carbocycles. The Hall–Kier alpha value is -3.93. The second-order valence-corrected chi connectivity index (χ2v) is 13.0. The first-order valence-corrected chi connectivity index (χ1v) is 16.6. The molecule has 0 unspecified atom stereocenters. The molecule has 12 nitrogen and oxygen atoms in total. The normalized spacial score (nSPS) is 14.3. The molecule has 0 radical (unpaired) electrons. The molecule has 3 aromatic heterocycles. The molecule has 0 bridgehead atoms. The monoisotopic (exact) mass is 664 g/mol. The van der Waals surface area contributed by atoms with Gasteiger partial charge in [0, 0.05) is 72.8 Å². The lowest BCUT2D eigenvalue weighted by atomic mass is 10.0. The predicted octanol–water partition coefficient (Wildman–Crippen LogP) is 4.67. The fourth-order valence-corrected chi connectivity index (χ4v) is 6.30. The van der Waals surface area contributed by atoms with Crippen molar-refractivity contribution in [2.45, 2.75) is 6.92 Å². The fraction of sp³-hybridized carbons (Fsp3) is 0.310. The van der Waals surface area contributed by atoms with E-state index in [1.807, 2.05) is 25.1 Å². The third-order valence-electron chi connectivity index (χ3n) is 6.75. The minimum atomic E-state index is -0.505. The SMILES string of the molecule is CN=CC(=C(C)N)c1cc(Nc2ncc(Br)c(Nc3ccc4nccnc4c3P(C)C)n2)c(OC)nc1N1CCOCC1. The largest absolute Gasteiger partial charge is 0.479 e. The van der Waals surface area contributed by atoms with Crippen LogP contribution in [-0.2, 0) is 4.74 Å². The lowest BCUT2D eigenvalue weighted by Gasteiger charge is -2.30. The van der Waals surface area contributed by atoms with Crippen LogP contribution in [0.3, 0.4) is 0 Å². The number of anilines is 5. The number of rotatable bonds is 9. The molecule has 0 atom stereocenters. The third kappa shape index (κ3) is 6.69. The van der Waals surface area contributed by atoms with Gasteiger partial charge in [0.1, 0.15) is 17.3 Å². The average molecular weight is 666 g/mol. The van der Waals surface area contributed by atoms with Crippen molar-refractivity contribution >= 4 is 80.9 Å². The topological polar surface area (TPSA) is 149 Å². The number of benzene rings is 1. The molecule has 1 fully saturated rings. The molecular weight excluding hydrogens is 631 g/mol. The van der Waals surface area contributed by atoms with Crippen LogP contribution in [0.25, 0.3) is 16.6 Å². The van der Waals surface area contributed by atoms with Gasteiger partial charge >= 0.3 is 0 Å². The molecule has 4 N–H and O–H groups in total. The van der Waals surface area contributed by atoms with Crippen LogP contribution < -0.4 is 31.3 Å². The first-order valence-electron chi connectivity index (χ1n) is 13.6. The van der Waals surface area contributed by atoms with E-state index in [9.17, 15) is 0 Å². The molecule has 224 valence electrons. The summed E-state index contributed by atoms with van der Waals surface area (Å²) in [7, 11) is 2.79. The van der Waals surface area contributed by atoms with Gasteiger partial charge in [-0.25, -0.2) is 4.98 Å². The van der Waals surface area contributed by atoms with Crippen LogP contribution in [0.2, 0.25) is 0 Å². The van der Waals surface area contributed by atoms with Crippen LogP contribution in [0.4, 0.5) is 29.0 Å². The van der Waals surface area contributed by atoms with E-state index in [0.29, 0.717) is 59.8 Å². The highest BCUT2D eigenvalue weighted by Crippen LogP contribution is 2.37. The Labute approximate surface area is 260 Å². The van der Waals surface area contributed by atoms with Gasteiger partial charge in [0.15, 0.2) is 0 Å². The van der Waals surface area contributed by atoms with E-state index in [0.717, 1.165) is 39.0 Å². The maximum absolute atomic E-state index is 6.32. The summed E-state index contributed by atoms with van der Waals surface area (Å²) >= 11 is 3.61. The summed E-state index contributed by atoms with van der Waals surface area (Å²) in [4.78, 5) is 29.7. The number of pyridine rings is 1. The standard InChI is InChI=1S/C29H34BrN10O2P/c1-17(31)19(15-32-2)18-14-23(28(41-3)39-27(18)40-10-12-42-13-11-40)37-29-35-16-20(30)26(38-29)36-22-7-6-21-24(25(22)43(4)5)34-9-8-33-21/h6-9,14-16H,10-13,31H2,1-5H3,(H2,35,36,37,38). The fourth-order valence-electron chi connectivity index (χ4n) is 4.80. The maximum Gasteiger partial charge on any atom is 0.239 e. The van der Waals surface area contributed by atoms with Gasteiger partial charge in [-0.1, -0.05) is 7.92 Å². The van der Waals surface area contributed by atoms with Crippen LogP contribution in [0.5, 0.6) is 5.88 Å². The van der Waals surface area contributed by atoms with Crippen LogP contribution in [0.15, 0.2) is 52.0 Å². The molecule has 43 heavy (non-hydrogen) atoms. The smallest absolute Gasteiger partial charge is 0.239 e. The Kier molecular flexibility index (Phi) is 9.64. The summed E-state index contributed by atoms with van der Waals surface area (Å²) in [6, 6.07) is 5.92. The zero-order valence-corrected chi connectivity index (χ0v) is 27.2. The van der Waals surface area contributed by atoms with Crippen molar-refractivity contribution in [1.29, 1.82) is 0 Å². The highest BCUT2D eigenvalue weighted by atomic mass is 79.9. The average Bonchev–Trinajstić information content (AvgIpc) is 3.01.